The van der Waals surface area contributed by atoms with Crippen LogP contribution in [0.25, 0.3) is 0 Å². The highest BCUT2D eigenvalue weighted by Gasteiger charge is 2.39. The van der Waals surface area contributed by atoms with Crippen molar-refractivity contribution in [1.82, 2.24) is 4.31 Å². The van der Waals surface area contributed by atoms with Gasteiger partial charge in [0, 0.05) is 6.54 Å². The zero-order chi connectivity index (χ0) is 17.5. The molecule has 24 heavy (non-hydrogen) atoms. The lowest BCUT2D eigenvalue weighted by Crippen LogP contribution is -2.45. The lowest BCUT2D eigenvalue weighted by Gasteiger charge is -2.40. The second-order valence-corrected chi connectivity index (χ2v) is 7.71. The molecule has 1 aliphatic heterocycles. The second kappa shape index (κ2) is 5.99. The van der Waals surface area contributed by atoms with E-state index in [0.29, 0.717) is 24.1 Å². The number of aromatic carboxylic acids is 1. The molecule has 3 rings (SSSR count). The number of carbonyl (C=O) groups is 1. The number of hydrogen-bond donors (Lipinski definition) is 1. The number of carboxylic acids is 1. The first kappa shape index (κ1) is 16.6. The van der Waals surface area contributed by atoms with Crippen molar-refractivity contribution in [2.75, 3.05) is 6.54 Å². The minimum absolute atomic E-state index is 0.0546. The quantitative estimate of drug-likeness (QED) is 0.921. The standard InChI is InChI=1S/C17H16FNO4S/c1-11-7-13(17(20)21)10-15(8-11)24(22,23)19-6-5-16(19)12-3-2-4-14(18)9-12/h2-4,7-10,16H,5-6H2,1H3,(H,20,21). The van der Waals surface area contributed by atoms with Crippen molar-refractivity contribution in [3.63, 3.8) is 0 Å². The molecule has 0 aromatic heterocycles. The van der Waals surface area contributed by atoms with Gasteiger partial charge in [0.15, 0.2) is 0 Å². The molecule has 1 aliphatic rings. The van der Waals surface area contributed by atoms with E-state index in [1.54, 1.807) is 19.1 Å². The van der Waals surface area contributed by atoms with E-state index < -0.39 is 27.9 Å². The number of sulfonamides is 1. The highest BCUT2D eigenvalue weighted by molar-refractivity contribution is 7.89. The molecule has 7 heteroatoms. The summed E-state index contributed by atoms with van der Waals surface area (Å²) in [4.78, 5) is 11.1. The first-order valence-electron chi connectivity index (χ1n) is 7.41. The van der Waals surface area contributed by atoms with Gasteiger partial charge in [-0.05, 0) is 54.8 Å². The summed E-state index contributed by atoms with van der Waals surface area (Å²) < 4.78 is 40.4. The average molecular weight is 349 g/mol. The van der Waals surface area contributed by atoms with Gasteiger partial charge in [-0.25, -0.2) is 17.6 Å². The highest BCUT2D eigenvalue weighted by atomic mass is 32.2. The van der Waals surface area contributed by atoms with Crippen LogP contribution in [0.2, 0.25) is 0 Å². The summed E-state index contributed by atoms with van der Waals surface area (Å²) >= 11 is 0. The van der Waals surface area contributed by atoms with Crippen LogP contribution in [0.3, 0.4) is 0 Å². The van der Waals surface area contributed by atoms with Crippen molar-refractivity contribution in [3.05, 3.63) is 65.0 Å². The molecule has 126 valence electrons. The summed E-state index contributed by atoms with van der Waals surface area (Å²) in [6.45, 7) is 1.96. The van der Waals surface area contributed by atoms with E-state index in [2.05, 4.69) is 0 Å². The number of aryl methyl sites for hydroxylation is 1. The summed E-state index contributed by atoms with van der Waals surface area (Å²) in [7, 11) is -3.84. The molecular formula is C17H16FNO4S. The molecule has 0 aliphatic carbocycles. The monoisotopic (exact) mass is 349 g/mol. The van der Waals surface area contributed by atoms with E-state index in [4.69, 9.17) is 5.11 Å². The van der Waals surface area contributed by atoms with E-state index in [-0.39, 0.29) is 10.5 Å². The van der Waals surface area contributed by atoms with Crippen molar-refractivity contribution < 1.29 is 22.7 Å². The van der Waals surface area contributed by atoms with Crippen LogP contribution in [-0.2, 0) is 10.0 Å². The fraction of sp³-hybridized carbons (Fsp3) is 0.235. The number of hydrogen-bond acceptors (Lipinski definition) is 3. The maximum atomic E-state index is 13.4. The maximum absolute atomic E-state index is 13.4. The number of benzene rings is 2. The number of rotatable bonds is 4. The Balaban J connectivity index is 1.98. The zero-order valence-electron chi connectivity index (χ0n) is 12.9. The Labute approximate surface area is 139 Å². The van der Waals surface area contributed by atoms with Gasteiger partial charge < -0.3 is 5.11 Å². The molecule has 1 heterocycles. The summed E-state index contributed by atoms with van der Waals surface area (Å²) in [6, 6.07) is 9.46. The minimum atomic E-state index is -3.84. The topological polar surface area (TPSA) is 74.7 Å². The molecule has 1 atom stereocenters. The van der Waals surface area contributed by atoms with Gasteiger partial charge in [-0.15, -0.1) is 0 Å². The van der Waals surface area contributed by atoms with Gasteiger partial charge in [0.05, 0.1) is 16.5 Å². The normalized spacial score (nSPS) is 18.2. The van der Waals surface area contributed by atoms with Crippen LogP contribution in [-0.4, -0.2) is 30.3 Å². The molecule has 0 saturated carbocycles. The fourth-order valence-electron chi connectivity index (χ4n) is 2.85. The van der Waals surface area contributed by atoms with Crippen LogP contribution in [0.15, 0.2) is 47.4 Å². The summed E-state index contributed by atoms with van der Waals surface area (Å²) in [5.41, 5.74) is 1.07. The van der Waals surface area contributed by atoms with Gasteiger partial charge in [-0.2, -0.15) is 4.31 Å². The van der Waals surface area contributed by atoms with Crippen LogP contribution in [0.1, 0.15) is 33.9 Å². The lowest BCUT2D eigenvalue weighted by atomic mass is 9.98. The second-order valence-electron chi connectivity index (χ2n) is 5.82. The molecule has 0 bridgehead atoms. The van der Waals surface area contributed by atoms with Crippen LogP contribution < -0.4 is 0 Å². The van der Waals surface area contributed by atoms with E-state index >= 15 is 0 Å². The molecule has 2 aromatic rings. The number of halogens is 1. The van der Waals surface area contributed by atoms with Crippen molar-refractivity contribution in [2.24, 2.45) is 0 Å². The van der Waals surface area contributed by atoms with Gasteiger partial charge >= 0.3 is 5.97 Å². The van der Waals surface area contributed by atoms with Crippen molar-refractivity contribution in [2.45, 2.75) is 24.3 Å². The third-order valence-corrected chi connectivity index (χ3v) is 5.99. The summed E-state index contributed by atoms with van der Waals surface area (Å²) in [6.07, 6.45) is 0.598. The number of carboxylic acid groups (broad SMARTS) is 1. The largest absolute Gasteiger partial charge is 0.478 e. The van der Waals surface area contributed by atoms with Crippen molar-refractivity contribution in [3.8, 4) is 0 Å². The van der Waals surface area contributed by atoms with Crippen molar-refractivity contribution in [1.29, 1.82) is 0 Å². The molecular weight excluding hydrogens is 333 g/mol. The minimum Gasteiger partial charge on any atom is -0.478 e. The van der Waals surface area contributed by atoms with Crippen LogP contribution in [0, 0.1) is 12.7 Å². The predicted molar refractivity (Wildman–Crippen MR) is 85.8 cm³/mol. The number of nitrogens with zero attached hydrogens (tertiary/aromatic N) is 1. The van der Waals surface area contributed by atoms with E-state index in [9.17, 15) is 17.6 Å². The molecule has 5 nitrogen and oxygen atoms in total. The fourth-order valence-corrected chi connectivity index (χ4v) is 4.64. The molecule has 1 saturated heterocycles. The zero-order valence-corrected chi connectivity index (χ0v) is 13.8. The summed E-state index contributed by atoms with van der Waals surface area (Å²) in [5, 5.41) is 9.12. The van der Waals surface area contributed by atoms with Gasteiger partial charge in [0.2, 0.25) is 10.0 Å². The highest BCUT2D eigenvalue weighted by Crippen LogP contribution is 2.38. The van der Waals surface area contributed by atoms with E-state index in [1.165, 1.54) is 28.6 Å². The Morgan fingerprint density at radius 1 is 1.25 bits per heavy atom. The van der Waals surface area contributed by atoms with Gasteiger partial charge in [-0.1, -0.05) is 12.1 Å². The SMILES string of the molecule is Cc1cc(C(=O)O)cc(S(=O)(=O)N2CCC2c2cccc(F)c2)c1. The van der Waals surface area contributed by atoms with Gasteiger partial charge in [-0.3, -0.25) is 0 Å². The first-order chi connectivity index (χ1) is 11.3. The van der Waals surface area contributed by atoms with Gasteiger partial charge in [0.25, 0.3) is 0 Å². The molecule has 1 N–H and O–H groups in total. The van der Waals surface area contributed by atoms with Crippen LogP contribution in [0.4, 0.5) is 4.39 Å². The third-order valence-electron chi connectivity index (χ3n) is 4.11. The smallest absolute Gasteiger partial charge is 0.335 e. The van der Waals surface area contributed by atoms with Crippen LogP contribution in [0.5, 0.6) is 0 Å². The maximum Gasteiger partial charge on any atom is 0.335 e. The first-order valence-corrected chi connectivity index (χ1v) is 8.85. The lowest BCUT2D eigenvalue weighted by molar-refractivity contribution is 0.0696. The molecule has 0 spiro atoms. The molecule has 1 fully saturated rings. The third kappa shape index (κ3) is 2.92. The molecule has 0 amide bonds. The average Bonchev–Trinajstić information content (AvgIpc) is 2.45. The Morgan fingerprint density at radius 3 is 2.58 bits per heavy atom. The Morgan fingerprint density at radius 2 is 2.00 bits per heavy atom. The molecule has 0 radical (unpaired) electrons. The van der Waals surface area contributed by atoms with E-state index in [1.807, 2.05) is 0 Å². The summed E-state index contributed by atoms with van der Waals surface area (Å²) in [5.74, 6) is -1.60. The molecule has 2 aromatic carbocycles. The molecule has 1 unspecified atom stereocenters. The Bertz CT molecular complexity index is 911. The predicted octanol–water partition coefficient (Wildman–Crippen LogP) is 2.97. The van der Waals surface area contributed by atoms with Crippen LogP contribution >= 0.6 is 0 Å². The Kier molecular flexibility index (Phi) is 4.15. The van der Waals surface area contributed by atoms with E-state index in [0.717, 1.165) is 6.07 Å². The van der Waals surface area contributed by atoms with Crippen molar-refractivity contribution >= 4 is 16.0 Å². The van der Waals surface area contributed by atoms with Gasteiger partial charge in [0.1, 0.15) is 5.82 Å². The Hall–Kier alpha value is -2.25.